The Morgan fingerprint density at radius 2 is 2.13 bits per heavy atom. The predicted octanol–water partition coefficient (Wildman–Crippen LogP) is 3.57. The first-order chi connectivity index (χ1) is 7.13. The van der Waals surface area contributed by atoms with Gasteiger partial charge in [-0.15, -0.1) is 0 Å². The molecule has 1 rings (SSSR count). The van der Waals surface area contributed by atoms with Gasteiger partial charge in [0.05, 0.1) is 0 Å². The molecule has 0 radical (unpaired) electrons. The summed E-state index contributed by atoms with van der Waals surface area (Å²) in [5.74, 6) is 0. The number of hydrogen-bond donors (Lipinski definition) is 2. The summed E-state index contributed by atoms with van der Waals surface area (Å²) < 4.78 is 0. The molecule has 0 saturated heterocycles. The molecule has 2 heteroatoms. The lowest BCUT2D eigenvalue weighted by molar-refractivity contribution is 0.645. The lowest BCUT2D eigenvalue weighted by atomic mass is 10.1. The highest BCUT2D eigenvalue weighted by atomic mass is 14.9. The van der Waals surface area contributed by atoms with Crippen molar-refractivity contribution in [2.24, 2.45) is 0 Å². The lowest BCUT2D eigenvalue weighted by Crippen LogP contribution is -2.14. The van der Waals surface area contributed by atoms with E-state index in [2.05, 4.69) is 25.2 Å². The van der Waals surface area contributed by atoms with Crippen molar-refractivity contribution < 1.29 is 0 Å². The first-order valence-corrected chi connectivity index (χ1v) is 5.76. The Hall–Kier alpha value is -1.18. The molecule has 0 aromatic heterocycles. The summed E-state index contributed by atoms with van der Waals surface area (Å²) in [6.07, 6.45) is 3.76. The van der Waals surface area contributed by atoms with Crippen molar-refractivity contribution in [2.45, 2.75) is 46.1 Å². The predicted molar refractivity (Wildman–Crippen MR) is 68.2 cm³/mol. The van der Waals surface area contributed by atoms with Crippen molar-refractivity contribution in [2.75, 3.05) is 11.1 Å². The van der Waals surface area contributed by atoms with Crippen molar-refractivity contribution in [1.29, 1.82) is 0 Å². The van der Waals surface area contributed by atoms with Crippen molar-refractivity contribution in [3.05, 3.63) is 23.8 Å². The monoisotopic (exact) mass is 206 g/mol. The molecule has 0 fully saturated rings. The smallest absolute Gasteiger partial charge is 0.0346 e. The number of nitrogen functional groups attached to an aromatic ring is 1. The summed E-state index contributed by atoms with van der Waals surface area (Å²) in [6, 6.07) is 6.65. The van der Waals surface area contributed by atoms with Crippen LogP contribution in [0.15, 0.2) is 18.2 Å². The van der Waals surface area contributed by atoms with E-state index in [1.165, 1.54) is 24.9 Å². The van der Waals surface area contributed by atoms with Crippen LogP contribution < -0.4 is 11.1 Å². The van der Waals surface area contributed by atoms with Gasteiger partial charge in [-0.2, -0.15) is 0 Å². The minimum absolute atomic E-state index is 0.535. The molecule has 1 aromatic rings. The molecule has 2 nitrogen and oxygen atoms in total. The average molecular weight is 206 g/mol. The molecule has 1 unspecified atom stereocenters. The van der Waals surface area contributed by atoms with Gasteiger partial charge in [-0.25, -0.2) is 0 Å². The summed E-state index contributed by atoms with van der Waals surface area (Å²) in [5.41, 5.74) is 8.95. The van der Waals surface area contributed by atoms with Crippen LogP contribution in [0.2, 0.25) is 0 Å². The molecule has 3 N–H and O–H groups in total. The summed E-state index contributed by atoms with van der Waals surface area (Å²) in [6.45, 7) is 6.48. The van der Waals surface area contributed by atoms with E-state index in [4.69, 9.17) is 5.73 Å². The molecule has 0 bridgehead atoms. The SMILES string of the molecule is CCCCC(C)Nc1ccc(N)c(C)c1. The van der Waals surface area contributed by atoms with Crippen LogP contribution in [-0.2, 0) is 0 Å². The first-order valence-electron chi connectivity index (χ1n) is 5.76. The second kappa shape index (κ2) is 5.64. The van der Waals surface area contributed by atoms with E-state index in [0.717, 1.165) is 11.3 Å². The molecule has 0 aliphatic rings. The molecule has 0 heterocycles. The Kier molecular flexibility index (Phi) is 4.47. The summed E-state index contributed by atoms with van der Waals surface area (Å²) in [4.78, 5) is 0. The van der Waals surface area contributed by atoms with Gasteiger partial charge in [0.1, 0.15) is 0 Å². The van der Waals surface area contributed by atoms with E-state index in [1.807, 2.05) is 19.1 Å². The molecule has 0 aliphatic carbocycles. The van der Waals surface area contributed by atoms with Crippen LogP contribution in [0.25, 0.3) is 0 Å². The van der Waals surface area contributed by atoms with Gasteiger partial charge in [-0.1, -0.05) is 19.8 Å². The highest BCUT2D eigenvalue weighted by Gasteiger charge is 2.02. The van der Waals surface area contributed by atoms with Crippen LogP contribution >= 0.6 is 0 Å². The molecule has 0 amide bonds. The number of nitrogens with one attached hydrogen (secondary N) is 1. The van der Waals surface area contributed by atoms with E-state index in [0.29, 0.717) is 6.04 Å². The number of hydrogen-bond acceptors (Lipinski definition) is 2. The van der Waals surface area contributed by atoms with Crippen molar-refractivity contribution in [1.82, 2.24) is 0 Å². The van der Waals surface area contributed by atoms with Crippen LogP contribution in [0.4, 0.5) is 11.4 Å². The Bertz CT molecular complexity index is 307. The van der Waals surface area contributed by atoms with Crippen LogP contribution in [0.5, 0.6) is 0 Å². The topological polar surface area (TPSA) is 38.0 Å². The van der Waals surface area contributed by atoms with Gasteiger partial charge >= 0.3 is 0 Å². The van der Waals surface area contributed by atoms with Crippen molar-refractivity contribution in [3.63, 3.8) is 0 Å². The second-order valence-corrected chi connectivity index (χ2v) is 4.26. The fourth-order valence-corrected chi connectivity index (χ4v) is 1.63. The zero-order valence-electron chi connectivity index (χ0n) is 10.0. The van der Waals surface area contributed by atoms with Gasteiger partial charge in [-0.3, -0.25) is 0 Å². The third-order valence-corrected chi connectivity index (χ3v) is 2.67. The van der Waals surface area contributed by atoms with Gasteiger partial charge in [0, 0.05) is 17.4 Å². The first kappa shape index (κ1) is 11.9. The zero-order chi connectivity index (χ0) is 11.3. The largest absolute Gasteiger partial charge is 0.399 e. The molecule has 0 aliphatic heterocycles. The van der Waals surface area contributed by atoms with Gasteiger partial charge in [0.2, 0.25) is 0 Å². The van der Waals surface area contributed by atoms with Crippen LogP contribution in [0, 0.1) is 6.92 Å². The summed E-state index contributed by atoms with van der Waals surface area (Å²) in [5, 5.41) is 3.49. The van der Waals surface area contributed by atoms with E-state index in [9.17, 15) is 0 Å². The number of anilines is 2. The number of unbranched alkanes of at least 4 members (excludes halogenated alkanes) is 1. The zero-order valence-corrected chi connectivity index (χ0v) is 10.0. The molecular weight excluding hydrogens is 184 g/mol. The standard InChI is InChI=1S/C13H22N2/c1-4-5-6-11(3)15-12-7-8-13(14)10(2)9-12/h7-9,11,15H,4-6,14H2,1-3H3. The van der Waals surface area contributed by atoms with E-state index < -0.39 is 0 Å². The number of nitrogens with two attached hydrogens (primary N) is 1. The van der Waals surface area contributed by atoms with Gasteiger partial charge in [0.15, 0.2) is 0 Å². The molecule has 1 atom stereocenters. The molecule has 0 spiro atoms. The maximum absolute atomic E-state index is 5.77. The summed E-state index contributed by atoms with van der Waals surface area (Å²) in [7, 11) is 0. The minimum atomic E-state index is 0.535. The normalized spacial score (nSPS) is 12.5. The van der Waals surface area contributed by atoms with Gasteiger partial charge in [0.25, 0.3) is 0 Å². The van der Waals surface area contributed by atoms with Crippen LogP contribution in [0.1, 0.15) is 38.7 Å². The fraction of sp³-hybridized carbons (Fsp3) is 0.538. The van der Waals surface area contributed by atoms with Crippen molar-refractivity contribution >= 4 is 11.4 Å². The van der Waals surface area contributed by atoms with Gasteiger partial charge < -0.3 is 11.1 Å². The molecule has 1 aromatic carbocycles. The third-order valence-electron chi connectivity index (χ3n) is 2.67. The fourth-order valence-electron chi connectivity index (χ4n) is 1.63. The molecule has 0 saturated carbocycles. The number of benzene rings is 1. The van der Waals surface area contributed by atoms with E-state index in [-0.39, 0.29) is 0 Å². The van der Waals surface area contributed by atoms with E-state index >= 15 is 0 Å². The maximum Gasteiger partial charge on any atom is 0.0346 e. The van der Waals surface area contributed by atoms with E-state index in [1.54, 1.807) is 0 Å². The van der Waals surface area contributed by atoms with Crippen molar-refractivity contribution in [3.8, 4) is 0 Å². The maximum atomic E-state index is 5.77. The third kappa shape index (κ3) is 3.82. The average Bonchev–Trinajstić information content (AvgIpc) is 2.20. The highest BCUT2D eigenvalue weighted by molar-refractivity contribution is 5.56. The highest BCUT2D eigenvalue weighted by Crippen LogP contribution is 2.18. The Morgan fingerprint density at radius 3 is 2.73 bits per heavy atom. The Labute approximate surface area is 92.9 Å². The van der Waals surface area contributed by atoms with Crippen LogP contribution in [0.3, 0.4) is 0 Å². The van der Waals surface area contributed by atoms with Crippen LogP contribution in [-0.4, -0.2) is 6.04 Å². The van der Waals surface area contributed by atoms with Gasteiger partial charge in [-0.05, 0) is 44.0 Å². The summed E-state index contributed by atoms with van der Waals surface area (Å²) >= 11 is 0. The lowest BCUT2D eigenvalue weighted by Gasteiger charge is -2.15. The quantitative estimate of drug-likeness (QED) is 0.723. The Balaban J connectivity index is 2.53. The number of rotatable bonds is 5. The Morgan fingerprint density at radius 1 is 1.40 bits per heavy atom. The number of aryl methyl sites for hydroxylation is 1. The second-order valence-electron chi connectivity index (χ2n) is 4.26. The molecule has 84 valence electrons. The molecular formula is C13H22N2. The minimum Gasteiger partial charge on any atom is -0.399 e. The molecule has 15 heavy (non-hydrogen) atoms.